The van der Waals surface area contributed by atoms with Gasteiger partial charge in [-0.2, -0.15) is 0 Å². The van der Waals surface area contributed by atoms with Gasteiger partial charge in [-0.25, -0.2) is 0 Å². The van der Waals surface area contributed by atoms with Gasteiger partial charge in [0, 0.05) is 71.6 Å². The Morgan fingerprint density at radius 2 is 0.972 bits per heavy atom. The van der Waals surface area contributed by atoms with Crippen molar-refractivity contribution < 1.29 is 0 Å². The maximum absolute atomic E-state index is 4.87. The summed E-state index contributed by atoms with van der Waals surface area (Å²) in [5.41, 5.74) is 2.50. The van der Waals surface area contributed by atoms with Gasteiger partial charge in [0.15, 0.2) is 0 Å². The van der Waals surface area contributed by atoms with Crippen molar-refractivity contribution in [2.24, 2.45) is 0 Å². The monoisotopic (exact) mass is 503 g/mol. The Hall–Kier alpha value is -1.17. The molecule has 0 bridgehead atoms. The summed E-state index contributed by atoms with van der Waals surface area (Å²) < 4.78 is 0. The molecule has 0 atom stereocenters. The molecule has 2 aliphatic rings. The van der Waals surface area contributed by atoms with E-state index >= 15 is 0 Å². The lowest BCUT2D eigenvalue weighted by molar-refractivity contribution is 0.255. The molecule has 1 aromatic heterocycles. The van der Waals surface area contributed by atoms with Crippen molar-refractivity contribution in [1.29, 1.82) is 0 Å². The molecule has 9 nitrogen and oxygen atoms in total. The summed E-state index contributed by atoms with van der Waals surface area (Å²) in [7, 11) is 0. The summed E-state index contributed by atoms with van der Waals surface area (Å²) in [6.45, 7) is 19.1. The maximum atomic E-state index is 4.87. The molecule has 3 rings (SSSR count). The van der Waals surface area contributed by atoms with Crippen LogP contribution in [0, 0.1) is 0 Å². The van der Waals surface area contributed by atoms with Gasteiger partial charge in [-0.15, -0.1) is 0 Å². The highest BCUT2D eigenvalue weighted by molar-refractivity contribution is 5.14. The standard InChI is InChI=1S/C27H53N9/c1-7-28-13-15-30-11-3-19-35(21-17-32-9-1)24-26-5-6-27(34-23-26)25-36-20-4-12-31-16-14-29-8-2-10-33-18-22-36/h5-6,23,28-33H,1-4,7-22,24-25H2. The summed E-state index contributed by atoms with van der Waals surface area (Å²) in [6.07, 6.45) is 6.83. The zero-order valence-corrected chi connectivity index (χ0v) is 22.6. The van der Waals surface area contributed by atoms with E-state index in [0.717, 1.165) is 118 Å². The number of aromatic nitrogens is 1. The minimum Gasteiger partial charge on any atom is -0.315 e. The maximum Gasteiger partial charge on any atom is 0.0544 e. The Kier molecular flexibility index (Phi) is 16.2. The molecule has 0 aliphatic carbocycles. The fourth-order valence-corrected chi connectivity index (χ4v) is 4.78. The van der Waals surface area contributed by atoms with Gasteiger partial charge in [-0.05, 0) is 89.7 Å². The van der Waals surface area contributed by atoms with Crippen LogP contribution in [0.15, 0.2) is 18.3 Å². The normalized spacial score (nSPS) is 22.9. The highest BCUT2D eigenvalue weighted by Crippen LogP contribution is 2.08. The predicted octanol–water partition coefficient (Wildman–Crippen LogP) is -0.189. The van der Waals surface area contributed by atoms with Crippen LogP contribution in [0.4, 0.5) is 0 Å². The van der Waals surface area contributed by atoms with Gasteiger partial charge in [0.05, 0.1) is 5.69 Å². The second-order valence-electron chi connectivity index (χ2n) is 10.1. The van der Waals surface area contributed by atoms with E-state index in [9.17, 15) is 0 Å². The molecule has 0 radical (unpaired) electrons. The summed E-state index contributed by atoms with van der Waals surface area (Å²) in [4.78, 5) is 10.00. The topological polar surface area (TPSA) is 91.5 Å². The first-order valence-corrected chi connectivity index (χ1v) is 14.5. The molecule has 0 saturated carbocycles. The number of hydrogen-bond acceptors (Lipinski definition) is 9. The minimum atomic E-state index is 0.928. The van der Waals surface area contributed by atoms with Gasteiger partial charge < -0.3 is 31.9 Å². The van der Waals surface area contributed by atoms with Crippen molar-refractivity contribution in [2.75, 3.05) is 105 Å². The molecule has 36 heavy (non-hydrogen) atoms. The van der Waals surface area contributed by atoms with Crippen molar-refractivity contribution >= 4 is 0 Å². The van der Waals surface area contributed by atoms with Gasteiger partial charge in [0.2, 0.25) is 0 Å². The van der Waals surface area contributed by atoms with Crippen molar-refractivity contribution in [3.63, 3.8) is 0 Å². The SMILES string of the molecule is c1cc(CN2CCCNCCNCCCNCC2)ncc1CN1CCCNCCNCCCNCC1. The first-order valence-electron chi connectivity index (χ1n) is 14.5. The molecule has 206 valence electrons. The smallest absolute Gasteiger partial charge is 0.0544 e. The molecular formula is C27H53N9. The first-order chi connectivity index (χ1) is 17.9. The zero-order valence-electron chi connectivity index (χ0n) is 22.6. The zero-order chi connectivity index (χ0) is 24.9. The molecule has 2 saturated heterocycles. The quantitative estimate of drug-likeness (QED) is 0.335. The summed E-state index contributed by atoms with van der Waals surface area (Å²) in [5.74, 6) is 0. The fraction of sp³-hybridized carbons (Fsp3) is 0.815. The van der Waals surface area contributed by atoms with E-state index in [0.29, 0.717) is 0 Å². The average molecular weight is 504 g/mol. The van der Waals surface area contributed by atoms with Gasteiger partial charge in [-0.3, -0.25) is 14.8 Å². The van der Waals surface area contributed by atoms with Crippen LogP contribution in [0.1, 0.15) is 36.9 Å². The Morgan fingerprint density at radius 1 is 0.500 bits per heavy atom. The van der Waals surface area contributed by atoms with Crippen molar-refractivity contribution in [2.45, 2.75) is 38.8 Å². The van der Waals surface area contributed by atoms with Crippen LogP contribution in [-0.2, 0) is 13.1 Å². The molecule has 0 amide bonds. The van der Waals surface area contributed by atoms with Crippen LogP contribution in [-0.4, -0.2) is 119 Å². The third-order valence-corrected chi connectivity index (χ3v) is 6.91. The van der Waals surface area contributed by atoms with E-state index in [1.165, 1.54) is 36.9 Å². The number of pyridine rings is 1. The molecular weight excluding hydrogens is 450 g/mol. The van der Waals surface area contributed by atoms with Crippen molar-refractivity contribution in [3.8, 4) is 0 Å². The lowest BCUT2D eigenvalue weighted by Gasteiger charge is -2.24. The molecule has 6 N–H and O–H groups in total. The fourth-order valence-electron chi connectivity index (χ4n) is 4.78. The molecule has 9 heteroatoms. The molecule has 0 aromatic carbocycles. The van der Waals surface area contributed by atoms with E-state index in [-0.39, 0.29) is 0 Å². The van der Waals surface area contributed by atoms with Gasteiger partial charge in [-0.1, -0.05) is 6.07 Å². The number of rotatable bonds is 4. The Balaban J connectivity index is 1.45. The lowest BCUT2D eigenvalue weighted by atomic mass is 10.2. The Morgan fingerprint density at radius 3 is 1.47 bits per heavy atom. The highest BCUT2D eigenvalue weighted by Gasteiger charge is 2.10. The van der Waals surface area contributed by atoms with E-state index in [1.54, 1.807) is 0 Å². The number of hydrogen-bond donors (Lipinski definition) is 6. The minimum absolute atomic E-state index is 0.928. The third-order valence-electron chi connectivity index (χ3n) is 6.91. The predicted molar refractivity (Wildman–Crippen MR) is 150 cm³/mol. The van der Waals surface area contributed by atoms with E-state index in [2.05, 4.69) is 60.0 Å². The third kappa shape index (κ3) is 13.9. The van der Waals surface area contributed by atoms with E-state index in [4.69, 9.17) is 4.98 Å². The van der Waals surface area contributed by atoms with E-state index < -0.39 is 0 Å². The molecule has 1 aromatic rings. The lowest BCUT2D eigenvalue weighted by Crippen LogP contribution is -2.37. The summed E-state index contributed by atoms with van der Waals surface area (Å²) >= 11 is 0. The van der Waals surface area contributed by atoms with Crippen molar-refractivity contribution in [1.82, 2.24) is 46.7 Å². The van der Waals surface area contributed by atoms with Crippen LogP contribution >= 0.6 is 0 Å². The van der Waals surface area contributed by atoms with Gasteiger partial charge in [0.1, 0.15) is 0 Å². The largest absolute Gasteiger partial charge is 0.315 e. The molecule has 2 fully saturated rings. The average Bonchev–Trinajstić information content (AvgIpc) is 2.89. The molecule has 0 unspecified atom stereocenters. The molecule has 3 heterocycles. The molecule has 0 spiro atoms. The van der Waals surface area contributed by atoms with Crippen LogP contribution in [0.2, 0.25) is 0 Å². The second-order valence-corrected chi connectivity index (χ2v) is 10.1. The van der Waals surface area contributed by atoms with Crippen LogP contribution in [0.5, 0.6) is 0 Å². The van der Waals surface area contributed by atoms with Crippen molar-refractivity contribution in [3.05, 3.63) is 29.6 Å². The van der Waals surface area contributed by atoms with Gasteiger partial charge in [0.25, 0.3) is 0 Å². The van der Waals surface area contributed by atoms with Crippen LogP contribution in [0.3, 0.4) is 0 Å². The number of nitrogens with zero attached hydrogens (tertiary/aromatic N) is 3. The molecule has 2 aliphatic heterocycles. The van der Waals surface area contributed by atoms with Gasteiger partial charge >= 0.3 is 0 Å². The number of nitrogens with one attached hydrogen (secondary N) is 6. The van der Waals surface area contributed by atoms with Crippen LogP contribution < -0.4 is 31.9 Å². The Bertz CT molecular complexity index is 560. The summed E-state index contributed by atoms with van der Waals surface area (Å²) in [5, 5.41) is 21.3. The Labute approximate surface area is 219 Å². The highest BCUT2D eigenvalue weighted by atomic mass is 15.2. The second kappa shape index (κ2) is 19.9. The van der Waals surface area contributed by atoms with E-state index in [1.807, 2.05) is 0 Å². The van der Waals surface area contributed by atoms with Crippen LogP contribution in [0.25, 0.3) is 0 Å². The first kappa shape index (κ1) is 29.4. The summed E-state index contributed by atoms with van der Waals surface area (Å²) in [6, 6.07) is 4.54.